The van der Waals surface area contributed by atoms with E-state index in [1.807, 2.05) is 18.9 Å². The van der Waals surface area contributed by atoms with Crippen LogP contribution in [0.5, 0.6) is 0 Å². The Morgan fingerprint density at radius 2 is 1.79 bits per heavy atom. The topological polar surface area (TPSA) is 46.3 Å². The number of carbonyl (C=O) groups excluding carboxylic acids is 1. The van der Waals surface area contributed by atoms with Crippen molar-refractivity contribution in [3.63, 3.8) is 0 Å². The molecule has 0 saturated heterocycles. The van der Waals surface area contributed by atoms with E-state index in [9.17, 15) is 4.79 Å². The van der Waals surface area contributed by atoms with Gasteiger partial charge in [0.05, 0.1) is 0 Å². The summed E-state index contributed by atoms with van der Waals surface area (Å²) in [5.41, 5.74) is 5.46. The van der Waals surface area contributed by atoms with Crippen molar-refractivity contribution in [3.8, 4) is 0 Å². The van der Waals surface area contributed by atoms with Gasteiger partial charge < -0.3 is 10.6 Å². The standard InChI is InChI=1S/C11H24N2O/c1-8(2)6-10(4)13(5)11(14)9(3)7-12/h8-10H,6-7,12H2,1-5H3. The van der Waals surface area contributed by atoms with E-state index >= 15 is 0 Å². The Balaban J connectivity index is 4.16. The van der Waals surface area contributed by atoms with E-state index in [1.54, 1.807) is 0 Å². The number of nitrogens with two attached hydrogens (primary N) is 1. The number of amides is 1. The molecule has 0 spiro atoms. The normalized spacial score (nSPS) is 15.4. The van der Waals surface area contributed by atoms with Crippen LogP contribution in [0.25, 0.3) is 0 Å². The van der Waals surface area contributed by atoms with Crippen molar-refractivity contribution in [2.75, 3.05) is 13.6 Å². The third kappa shape index (κ3) is 4.09. The Hall–Kier alpha value is -0.570. The van der Waals surface area contributed by atoms with Crippen molar-refractivity contribution in [2.24, 2.45) is 17.6 Å². The molecule has 0 aliphatic heterocycles. The average molecular weight is 200 g/mol. The molecule has 0 radical (unpaired) electrons. The van der Waals surface area contributed by atoms with E-state index < -0.39 is 0 Å². The molecule has 0 bridgehead atoms. The Kier molecular flexibility index (Phi) is 5.77. The molecule has 14 heavy (non-hydrogen) atoms. The first-order chi connectivity index (χ1) is 6.40. The highest BCUT2D eigenvalue weighted by molar-refractivity contribution is 5.78. The van der Waals surface area contributed by atoms with Gasteiger partial charge in [0.15, 0.2) is 0 Å². The molecule has 0 heterocycles. The van der Waals surface area contributed by atoms with E-state index in [0.29, 0.717) is 18.5 Å². The minimum absolute atomic E-state index is 0.0605. The highest BCUT2D eigenvalue weighted by Crippen LogP contribution is 2.11. The lowest BCUT2D eigenvalue weighted by Crippen LogP contribution is -2.41. The largest absolute Gasteiger partial charge is 0.343 e. The van der Waals surface area contributed by atoms with Gasteiger partial charge in [0.2, 0.25) is 5.91 Å². The van der Waals surface area contributed by atoms with E-state index in [2.05, 4.69) is 20.8 Å². The molecule has 2 unspecified atom stereocenters. The van der Waals surface area contributed by atoms with E-state index in [0.717, 1.165) is 6.42 Å². The van der Waals surface area contributed by atoms with Gasteiger partial charge in [0.25, 0.3) is 0 Å². The number of rotatable bonds is 5. The van der Waals surface area contributed by atoms with Gasteiger partial charge >= 0.3 is 0 Å². The van der Waals surface area contributed by atoms with Crippen LogP contribution in [-0.2, 0) is 4.79 Å². The third-order valence-electron chi connectivity index (χ3n) is 2.60. The van der Waals surface area contributed by atoms with Crippen LogP contribution in [0.1, 0.15) is 34.1 Å². The Morgan fingerprint density at radius 3 is 2.14 bits per heavy atom. The van der Waals surface area contributed by atoms with Crippen molar-refractivity contribution in [2.45, 2.75) is 40.2 Å². The molecule has 2 N–H and O–H groups in total. The lowest BCUT2D eigenvalue weighted by atomic mass is 10.0. The van der Waals surface area contributed by atoms with Crippen LogP contribution in [0, 0.1) is 11.8 Å². The zero-order valence-electron chi connectivity index (χ0n) is 10.1. The minimum atomic E-state index is -0.0605. The number of hydrogen-bond acceptors (Lipinski definition) is 2. The fraction of sp³-hybridized carbons (Fsp3) is 0.909. The highest BCUT2D eigenvalue weighted by atomic mass is 16.2. The summed E-state index contributed by atoms with van der Waals surface area (Å²) in [6.45, 7) is 8.72. The SMILES string of the molecule is CC(C)CC(C)N(C)C(=O)C(C)CN. The van der Waals surface area contributed by atoms with Crippen molar-refractivity contribution >= 4 is 5.91 Å². The molecular formula is C11H24N2O. The van der Waals surface area contributed by atoms with E-state index in [-0.39, 0.29) is 11.8 Å². The van der Waals surface area contributed by atoms with Crippen LogP contribution in [0.15, 0.2) is 0 Å². The van der Waals surface area contributed by atoms with Crippen molar-refractivity contribution in [1.29, 1.82) is 0 Å². The van der Waals surface area contributed by atoms with E-state index in [4.69, 9.17) is 5.73 Å². The molecule has 0 aromatic carbocycles. The van der Waals surface area contributed by atoms with Gasteiger partial charge in [-0.25, -0.2) is 0 Å². The zero-order chi connectivity index (χ0) is 11.3. The first-order valence-electron chi connectivity index (χ1n) is 5.36. The van der Waals surface area contributed by atoms with Crippen LogP contribution >= 0.6 is 0 Å². The fourth-order valence-corrected chi connectivity index (χ4v) is 1.51. The van der Waals surface area contributed by atoms with Crippen LogP contribution < -0.4 is 5.73 Å². The average Bonchev–Trinajstić information content (AvgIpc) is 2.13. The molecule has 3 nitrogen and oxygen atoms in total. The second-order valence-electron chi connectivity index (χ2n) is 4.56. The summed E-state index contributed by atoms with van der Waals surface area (Å²) in [5, 5.41) is 0. The lowest BCUT2D eigenvalue weighted by molar-refractivity contribution is -0.135. The van der Waals surface area contributed by atoms with E-state index in [1.165, 1.54) is 0 Å². The van der Waals surface area contributed by atoms with Crippen LogP contribution in [0.4, 0.5) is 0 Å². The monoisotopic (exact) mass is 200 g/mol. The Morgan fingerprint density at radius 1 is 1.29 bits per heavy atom. The van der Waals surface area contributed by atoms with Crippen LogP contribution in [-0.4, -0.2) is 30.4 Å². The second kappa shape index (κ2) is 6.02. The van der Waals surface area contributed by atoms with Crippen LogP contribution in [0.3, 0.4) is 0 Å². The molecule has 0 saturated carbocycles. The van der Waals surface area contributed by atoms with Gasteiger partial charge in [0, 0.05) is 25.6 Å². The van der Waals surface area contributed by atoms with Gasteiger partial charge in [-0.3, -0.25) is 4.79 Å². The van der Waals surface area contributed by atoms with Gasteiger partial charge in [0.1, 0.15) is 0 Å². The molecule has 84 valence electrons. The fourth-order valence-electron chi connectivity index (χ4n) is 1.51. The van der Waals surface area contributed by atoms with Crippen molar-refractivity contribution in [1.82, 2.24) is 4.90 Å². The van der Waals surface area contributed by atoms with Crippen LogP contribution in [0.2, 0.25) is 0 Å². The maximum Gasteiger partial charge on any atom is 0.226 e. The molecular weight excluding hydrogens is 176 g/mol. The van der Waals surface area contributed by atoms with Gasteiger partial charge in [-0.1, -0.05) is 20.8 Å². The number of hydrogen-bond donors (Lipinski definition) is 1. The maximum atomic E-state index is 11.7. The molecule has 0 aliphatic rings. The first-order valence-corrected chi connectivity index (χ1v) is 5.36. The predicted octanol–water partition coefficient (Wildman–Crippen LogP) is 1.47. The molecule has 0 rings (SSSR count). The van der Waals surface area contributed by atoms with Gasteiger partial charge in [-0.15, -0.1) is 0 Å². The van der Waals surface area contributed by atoms with Gasteiger partial charge in [-0.2, -0.15) is 0 Å². The Bertz CT molecular complexity index is 180. The summed E-state index contributed by atoms with van der Waals surface area (Å²) in [6.07, 6.45) is 1.04. The minimum Gasteiger partial charge on any atom is -0.343 e. The van der Waals surface area contributed by atoms with Crippen molar-refractivity contribution < 1.29 is 4.79 Å². The van der Waals surface area contributed by atoms with Gasteiger partial charge in [-0.05, 0) is 19.3 Å². The second-order valence-corrected chi connectivity index (χ2v) is 4.56. The molecule has 3 heteroatoms. The molecule has 0 aromatic rings. The summed E-state index contributed by atoms with van der Waals surface area (Å²) in [4.78, 5) is 13.6. The highest BCUT2D eigenvalue weighted by Gasteiger charge is 2.20. The first kappa shape index (κ1) is 13.4. The van der Waals surface area contributed by atoms with Crippen molar-refractivity contribution in [3.05, 3.63) is 0 Å². The molecule has 0 aliphatic carbocycles. The summed E-state index contributed by atoms with van der Waals surface area (Å²) >= 11 is 0. The smallest absolute Gasteiger partial charge is 0.226 e. The third-order valence-corrected chi connectivity index (χ3v) is 2.60. The molecule has 0 aromatic heterocycles. The number of nitrogens with zero attached hydrogens (tertiary/aromatic N) is 1. The lowest BCUT2D eigenvalue weighted by Gasteiger charge is -2.28. The Labute approximate surface area is 87.6 Å². The quantitative estimate of drug-likeness (QED) is 0.730. The number of carbonyl (C=O) groups is 1. The zero-order valence-corrected chi connectivity index (χ0v) is 10.1. The maximum absolute atomic E-state index is 11.7. The summed E-state index contributed by atoms with van der Waals surface area (Å²) in [5.74, 6) is 0.712. The predicted molar refractivity (Wildman–Crippen MR) is 59.9 cm³/mol. The molecule has 0 fully saturated rings. The molecule has 1 amide bonds. The summed E-state index contributed by atoms with van der Waals surface area (Å²) in [7, 11) is 1.86. The summed E-state index contributed by atoms with van der Waals surface area (Å²) < 4.78 is 0. The summed E-state index contributed by atoms with van der Waals surface area (Å²) in [6, 6.07) is 0.302. The molecule has 2 atom stereocenters.